The predicted octanol–water partition coefficient (Wildman–Crippen LogP) is 7.59. The molecule has 9 nitrogen and oxygen atoms in total. The maximum atomic E-state index is 14.8. The van der Waals surface area contributed by atoms with Gasteiger partial charge in [-0.3, -0.25) is 4.79 Å². The van der Waals surface area contributed by atoms with Gasteiger partial charge in [0.25, 0.3) is 5.79 Å². The number of methoxy groups -OCH3 is 1. The minimum absolute atomic E-state index is 0.113. The Morgan fingerprint density at radius 2 is 1.83 bits per heavy atom. The van der Waals surface area contributed by atoms with Crippen molar-refractivity contribution in [1.29, 1.82) is 0 Å². The van der Waals surface area contributed by atoms with Crippen molar-refractivity contribution in [2.45, 2.75) is 39.1 Å². The summed E-state index contributed by atoms with van der Waals surface area (Å²) in [5.41, 5.74) is 5.04. The Morgan fingerprint density at radius 1 is 1.02 bits per heavy atom. The molecule has 5 aromatic rings. The number of esters is 1. The van der Waals surface area contributed by atoms with Gasteiger partial charge in [-0.05, 0) is 60.5 Å². The summed E-state index contributed by atoms with van der Waals surface area (Å²) < 4.78 is 34.0. The Bertz CT molecular complexity index is 1960. The zero-order valence-corrected chi connectivity index (χ0v) is 26.7. The molecular weight excluding hydrogens is 623 g/mol. The molecule has 1 amide bonds. The fourth-order valence-electron chi connectivity index (χ4n) is 5.51. The van der Waals surface area contributed by atoms with E-state index in [1.807, 2.05) is 47.9 Å². The minimum atomic E-state index is -1.37. The molecule has 0 aliphatic carbocycles. The molecule has 0 radical (unpaired) electrons. The van der Waals surface area contributed by atoms with E-state index in [-0.39, 0.29) is 22.9 Å². The van der Waals surface area contributed by atoms with E-state index in [4.69, 9.17) is 25.8 Å². The number of nitrogens with one attached hydrogen (secondary N) is 2. The summed E-state index contributed by atoms with van der Waals surface area (Å²) in [4.78, 5) is 29.6. The summed E-state index contributed by atoms with van der Waals surface area (Å²) in [6, 6.07) is 22.4. The summed E-state index contributed by atoms with van der Waals surface area (Å²) in [6.45, 7) is 4.89. The fourth-order valence-corrected chi connectivity index (χ4v) is 5.67. The van der Waals surface area contributed by atoms with Gasteiger partial charge in [-0.1, -0.05) is 48.0 Å². The Hall–Kier alpha value is -5.35. The van der Waals surface area contributed by atoms with Crippen molar-refractivity contribution < 1.29 is 28.2 Å². The van der Waals surface area contributed by atoms with Gasteiger partial charge in [0.15, 0.2) is 11.5 Å². The number of carbonyl (C=O) groups is 2. The highest BCUT2D eigenvalue weighted by atomic mass is 35.5. The molecule has 11 heteroatoms. The number of benzene rings is 4. The molecule has 1 aliphatic rings. The van der Waals surface area contributed by atoms with Crippen LogP contribution < -0.4 is 20.1 Å². The quantitative estimate of drug-likeness (QED) is 0.150. The number of hydrogen-bond acceptors (Lipinski definition) is 7. The molecule has 2 heterocycles. The van der Waals surface area contributed by atoms with Crippen molar-refractivity contribution in [3.8, 4) is 22.6 Å². The number of aryl methyl sites for hydroxylation is 1. The summed E-state index contributed by atoms with van der Waals surface area (Å²) in [6.07, 6.45) is 3.63. The predicted molar refractivity (Wildman–Crippen MR) is 177 cm³/mol. The number of ether oxygens (including phenoxy) is 3. The van der Waals surface area contributed by atoms with Gasteiger partial charge < -0.3 is 29.4 Å². The third-order valence-electron chi connectivity index (χ3n) is 7.94. The largest absolute Gasteiger partial charge is 0.465 e. The van der Waals surface area contributed by atoms with Crippen LogP contribution >= 0.6 is 11.6 Å². The highest BCUT2D eigenvalue weighted by Crippen LogP contribution is 2.49. The number of rotatable bonds is 10. The Labute approximate surface area is 276 Å². The molecule has 1 aromatic heterocycles. The molecule has 0 saturated heterocycles. The number of hydrogen-bond donors (Lipinski definition) is 2. The van der Waals surface area contributed by atoms with Gasteiger partial charge in [-0.2, -0.15) is 0 Å². The third kappa shape index (κ3) is 6.64. The van der Waals surface area contributed by atoms with Crippen molar-refractivity contribution in [2.24, 2.45) is 0 Å². The molecule has 6 rings (SSSR count). The normalized spacial score (nSPS) is 14.9. The molecule has 47 heavy (non-hydrogen) atoms. The maximum Gasteiger partial charge on any atom is 0.337 e. The second-order valence-electron chi connectivity index (χ2n) is 11.1. The van der Waals surface area contributed by atoms with Crippen molar-refractivity contribution >= 4 is 34.9 Å². The van der Waals surface area contributed by atoms with Crippen molar-refractivity contribution in [3.05, 3.63) is 125 Å². The standard InChI is InChI=1S/C36H32ClFN4O5/c1-4-42-21-39-19-26(42)20-40-31-17-24(35(44)45-3)12-15-30(31)41-33(43)16-22-8-10-23(11-9-22)27-6-5-7-32-34(27)47-36(2,46-32)28-14-13-25(37)18-29(28)38/h5-15,17-19,21,40H,4,16,20H2,1-3H3,(H,41,43). The lowest BCUT2D eigenvalue weighted by atomic mass is 10.0. The van der Waals surface area contributed by atoms with Crippen LogP contribution in [0.5, 0.6) is 11.5 Å². The molecule has 4 aromatic carbocycles. The number of para-hydroxylation sites is 1. The Morgan fingerprint density at radius 3 is 2.57 bits per heavy atom. The first-order valence-corrected chi connectivity index (χ1v) is 15.4. The molecule has 0 spiro atoms. The van der Waals surface area contributed by atoms with Crippen LogP contribution in [0.1, 0.15) is 41.0 Å². The number of nitrogens with zero attached hydrogens (tertiary/aromatic N) is 2. The minimum Gasteiger partial charge on any atom is -0.465 e. The van der Waals surface area contributed by atoms with E-state index in [0.29, 0.717) is 35.0 Å². The molecule has 1 atom stereocenters. The number of anilines is 2. The molecule has 2 N–H and O–H groups in total. The van der Waals surface area contributed by atoms with E-state index in [2.05, 4.69) is 15.6 Å². The molecule has 1 unspecified atom stereocenters. The van der Waals surface area contributed by atoms with Gasteiger partial charge in [0.1, 0.15) is 5.82 Å². The highest BCUT2D eigenvalue weighted by Gasteiger charge is 2.42. The third-order valence-corrected chi connectivity index (χ3v) is 8.18. The molecular formula is C36H32ClFN4O5. The highest BCUT2D eigenvalue weighted by molar-refractivity contribution is 6.30. The van der Waals surface area contributed by atoms with Gasteiger partial charge in [0.05, 0.1) is 54.6 Å². The van der Waals surface area contributed by atoms with Crippen molar-refractivity contribution in [1.82, 2.24) is 9.55 Å². The first-order chi connectivity index (χ1) is 22.7. The van der Waals surface area contributed by atoms with Crippen molar-refractivity contribution in [3.63, 3.8) is 0 Å². The number of aromatic nitrogens is 2. The zero-order valence-electron chi connectivity index (χ0n) is 26.0. The van der Waals surface area contributed by atoms with Crippen LogP contribution in [0.3, 0.4) is 0 Å². The second kappa shape index (κ2) is 13.2. The summed E-state index contributed by atoms with van der Waals surface area (Å²) in [5.74, 6) is -1.62. The summed E-state index contributed by atoms with van der Waals surface area (Å²) in [7, 11) is 1.32. The van der Waals surface area contributed by atoms with E-state index in [1.54, 1.807) is 55.8 Å². The van der Waals surface area contributed by atoms with Gasteiger partial charge in [0.2, 0.25) is 5.91 Å². The number of amides is 1. The molecule has 240 valence electrons. The SMILES string of the molecule is CCn1cncc1CNc1cc(C(=O)OC)ccc1NC(=O)Cc1ccc(-c2cccc3c2OC(C)(c2ccc(Cl)cc2F)O3)cc1. The first kappa shape index (κ1) is 31.6. The van der Waals surface area contributed by atoms with Crippen LogP contribution in [0.25, 0.3) is 11.1 Å². The monoisotopic (exact) mass is 654 g/mol. The topological polar surface area (TPSA) is 104 Å². The number of imidazole rings is 1. The van der Waals surface area contributed by atoms with Crippen LogP contribution in [0.4, 0.5) is 15.8 Å². The molecule has 0 bridgehead atoms. The fraction of sp³-hybridized carbons (Fsp3) is 0.194. The first-order valence-electron chi connectivity index (χ1n) is 15.0. The lowest BCUT2D eigenvalue weighted by molar-refractivity contribution is -0.115. The van der Waals surface area contributed by atoms with E-state index in [1.165, 1.54) is 13.2 Å². The Balaban J connectivity index is 1.16. The van der Waals surface area contributed by atoms with Gasteiger partial charge in [-0.15, -0.1) is 0 Å². The lowest BCUT2D eigenvalue weighted by Gasteiger charge is -2.24. The van der Waals surface area contributed by atoms with Crippen LogP contribution in [-0.4, -0.2) is 28.5 Å². The van der Waals surface area contributed by atoms with Crippen LogP contribution in [0.15, 0.2) is 91.4 Å². The van der Waals surface area contributed by atoms with Crippen LogP contribution in [0, 0.1) is 5.82 Å². The van der Waals surface area contributed by atoms with Gasteiger partial charge in [0, 0.05) is 30.3 Å². The van der Waals surface area contributed by atoms with Crippen molar-refractivity contribution in [2.75, 3.05) is 17.7 Å². The average Bonchev–Trinajstić information content (AvgIpc) is 3.67. The summed E-state index contributed by atoms with van der Waals surface area (Å²) in [5, 5.41) is 6.56. The Kier molecular flexibility index (Phi) is 8.86. The molecule has 0 fully saturated rings. The zero-order chi connectivity index (χ0) is 33.1. The van der Waals surface area contributed by atoms with Crippen LogP contribution in [-0.2, 0) is 34.8 Å². The van der Waals surface area contributed by atoms with Gasteiger partial charge in [-0.25, -0.2) is 14.2 Å². The second-order valence-corrected chi connectivity index (χ2v) is 11.5. The van der Waals surface area contributed by atoms with E-state index in [0.717, 1.165) is 28.9 Å². The van der Waals surface area contributed by atoms with E-state index >= 15 is 0 Å². The van der Waals surface area contributed by atoms with E-state index in [9.17, 15) is 14.0 Å². The average molecular weight is 655 g/mol. The maximum absolute atomic E-state index is 14.8. The number of carbonyl (C=O) groups excluding carboxylic acids is 2. The summed E-state index contributed by atoms with van der Waals surface area (Å²) >= 11 is 5.95. The van der Waals surface area contributed by atoms with Gasteiger partial charge >= 0.3 is 5.97 Å². The smallest absolute Gasteiger partial charge is 0.337 e. The lowest BCUT2D eigenvalue weighted by Crippen LogP contribution is -2.32. The number of fused-ring (bicyclic) bond motifs is 1. The number of halogens is 2. The molecule has 0 saturated carbocycles. The molecule has 1 aliphatic heterocycles. The van der Waals surface area contributed by atoms with E-state index < -0.39 is 17.6 Å². The van der Waals surface area contributed by atoms with Crippen LogP contribution in [0.2, 0.25) is 5.02 Å².